The number of carbonyl (C=O) groups excluding carboxylic acids is 1. The van der Waals surface area contributed by atoms with E-state index < -0.39 is 11.9 Å². The molecule has 0 aliphatic rings. The molecule has 0 aliphatic carbocycles. The molecule has 2 N–H and O–H groups in total. The van der Waals surface area contributed by atoms with Crippen LogP contribution in [-0.2, 0) is 13.5 Å². The number of benzene rings is 2. The largest absolute Gasteiger partial charge is 0.478 e. The van der Waals surface area contributed by atoms with Crippen LogP contribution in [0.15, 0.2) is 66.7 Å². The Kier molecular flexibility index (Phi) is 5.93. The van der Waals surface area contributed by atoms with Crippen molar-refractivity contribution >= 4 is 22.7 Å². The van der Waals surface area contributed by atoms with Crippen LogP contribution >= 0.6 is 0 Å². The Morgan fingerprint density at radius 1 is 1.00 bits per heavy atom. The monoisotopic (exact) mass is 482 g/mol. The number of hydrogen-bond acceptors (Lipinski definition) is 4. The van der Waals surface area contributed by atoms with Crippen molar-refractivity contribution in [3.05, 3.63) is 95.2 Å². The first kappa shape index (κ1) is 23.2. The van der Waals surface area contributed by atoms with E-state index in [1.165, 1.54) is 18.2 Å². The van der Waals surface area contributed by atoms with E-state index in [2.05, 4.69) is 15.1 Å². The first-order valence-corrected chi connectivity index (χ1v) is 11.4. The van der Waals surface area contributed by atoms with E-state index in [4.69, 9.17) is 5.11 Å². The van der Waals surface area contributed by atoms with Gasteiger partial charge < -0.3 is 10.1 Å². The zero-order chi connectivity index (χ0) is 25.4. The summed E-state index contributed by atoms with van der Waals surface area (Å²) in [5.41, 5.74) is 6.24. The first-order chi connectivity index (χ1) is 17.3. The van der Waals surface area contributed by atoms with Crippen molar-refractivity contribution in [2.45, 2.75) is 19.8 Å². The Morgan fingerprint density at radius 2 is 1.78 bits per heavy atom. The Balaban J connectivity index is 1.35. The third-order valence-corrected chi connectivity index (χ3v) is 6.16. The summed E-state index contributed by atoms with van der Waals surface area (Å²) in [6.07, 6.45) is 0.767. The summed E-state index contributed by atoms with van der Waals surface area (Å²) in [6.45, 7) is 1.75. The van der Waals surface area contributed by atoms with Crippen LogP contribution < -0.4 is 0 Å². The number of nitrogens with zero attached hydrogens (tertiary/aromatic N) is 3. The molecule has 2 aromatic carbocycles. The second kappa shape index (κ2) is 9.22. The molecule has 0 fully saturated rings. The van der Waals surface area contributed by atoms with E-state index in [1.54, 1.807) is 36.9 Å². The molecule has 0 atom stereocenters. The number of carboxylic acid groups (broad SMARTS) is 1. The maximum Gasteiger partial charge on any atom is 0.335 e. The SMILES string of the molecule is Cc1cc(-c2cc3cc(-c4cc(C(=O)CCc5ccc(C(=O)O)cc5)nn4C)ccc3[nH]2)cc(F)n1. The lowest BCUT2D eigenvalue weighted by Crippen LogP contribution is -2.03. The van der Waals surface area contributed by atoms with Crippen LogP contribution in [0.25, 0.3) is 33.4 Å². The number of halogens is 1. The normalized spacial score (nSPS) is 11.2. The van der Waals surface area contributed by atoms with E-state index in [0.29, 0.717) is 17.8 Å². The molecule has 180 valence electrons. The Labute approximate surface area is 206 Å². The molecule has 0 unspecified atom stereocenters. The number of aromatic carboxylic acids is 1. The summed E-state index contributed by atoms with van der Waals surface area (Å²) >= 11 is 0. The number of rotatable bonds is 7. The van der Waals surface area contributed by atoms with Gasteiger partial charge >= 0.3 is 5.97 Å². The minimum absolute atomic E-state index is 0.0840. The lowest BCUT2D eigenvalue weighted by atomic mass is 10.0. The van der Waals surface area contributed by atoms with Gasteiger partial charge in [-0.2, -0.15) is 9.49 Å². The lowest BCUT2D eigenvalue weighted by molar-refractivity contribution is 0.0696. The van der Waals surface area contributed by atoms with Gasteiger partial charge in [-0.1, -0.05) is 18.2 Å². The fraction of sp³-hybridized carbons (Fsp3) is 0.143. The number of aryl methyl sites for hydroxylation is 3. The smallest absolute Gasteiger partial charge is 0.335 e. The molecule has 5 rings (SSSR count). The Bertz CT molecular complexity index is 1600. The highest BCUT2D eigenvalue weighted by atomic mass is 19.1. The molecule has 36 heavy (non-hydrogen) atoms. The average molecular weight is 483 g/mol. The third kappa shape index (κ3) is 4.65. The van der Waals surface area contributed by atoms with Crippen LogP contribution in [0.3, 0.4) is 0 Å². The van der Waals surface area contributed by atoms with Crippen molar-refractivity contribution in [2.75, 3.05) is 0 Å². The Hall–Kier alpha value is -4.59. The molecule has 3 heterocycles. The van der Waals surface area contributed by atoms with Crippen molar-refractivity contribution in [1.82, 2.24) is 19.7 Å². The molecular weight excluding hydrogens is 459 g/mol. The number of hydrogen-bond donors (Lipinski definition) is 2. The molecule has 0 radical (unpaired) electrons. The van der Waals surface area contributed by atoms with E-state index in [1.807, 2.05) is 30.3 Å². The minimum Gasteiger partial charge on any atom is -0.478 e. The summed E-state index contributed by atoms with van der Waals surface area (Å²) in [5.74, 6) is -1.58. The number of ketones is 1. The molecule has 0 bridgehead atoms. The fourth-order valence-corrected chi connectivity index (χ4v) is 4.30. The molecule has 5 aromatic rings. The third-order valence-electron chi connectivity index (χ3n) is 6.16. The molecule has 0 spiro atoms. The molecule has 0 saturated heterocycles. The topological polar surface area (TPSA) is 101 Å². The number of carbonyl (C=O) groups is 2. The summed E-state index contributed by atoms with van der Waals surface area (Å²) < 4.78 is 15.5. The quantitative estimate of drug-likeness (QED) is 0.233. The van der Waals surface area contributed by atoms with Crippen LogP contribution in [0.2, 0.25) is 0 Å². The highest BCUT2D eigenvalue weighted by molar-refractivity contribution is 5.96. The number of aromatic nitrogens is 4. The van der Waals surface area contributed by atoms with Crippen LogP contribution in [-0.4, -0.2) is 36.6 Å². The van der Waals surface area contributed by atoms with Crippen molar-refractivity contribution in [3.63, 3.8) is 0 Å². The minimum atomic E-state index is -0.978. The summed E-state index contributed by atoms with van der Waals surface area (Å²) in [7, 11) is 1.80. The number of aromatic amines is 1. The van der Waals surface area contributed by atoms with Gasteiger partial charge in [-0.05, 0) is 61.4 Å². The van der Waals surface area contributed by atoms with Crippen molar-refractivity contribution in [3.8, 4) is 22.5 Å². The van der Waals surface area contributed by atoms with Gasteiger partial charge in [-0.3, -0.25) is 9.48 Å². The predicted octanol–water partition coefficient (Wildman–Crippen LogP) is 5.59. The van der Waals surface area contributed by atoms with Crippen LogP contribution in [0, 0.1) is 12.9 Å². The highest BCUT2D eigenvalue weighted by Crippen LogP contribution is 2.29. The number of fused-ring (bicyclic) bond motifs is 1. The predicted molar refractivity (Wildman–Crippen MR) is 134 cm³/mol. The number of carboxylic acids is 1. The van der Waals surface area contributed by atoms with Gasteiger partial charge in [-0.15, -0.1) is 0 Å². The maximum atomic E-state index is 13.8. The van der Waals surface area contributed by atoms with Crippen LogP contribution in [0.4, 0.5) is 4.39 Å². The molecular formula is C28H23FN4O3. The van der Waals surface area contributed by atoms with Crippen LogP contribution in [0.5, 0.6) is 0 Å². The van der Waals surface area contributed by atoms with E-state index >= 15 is 0 Å². The van der Waals surface area contributed by atoms with Gasteiger partial charge in [0.1, 0.15) is 5.69 Å². The van der Waals surface area contributed by atoms with Gasteiger partial charge in [0.15, 0.2) is 5.78 Å². The van der Waals surface area contributed by atoms with Gasteiger partial charge in [0, 0.05) is 53.0 Å². The molecule has 7 nitrogen and oxygen atoms in total. The lowest BCUT2D eigenvalue weighted by Gasteiger charge is -2.01. The molecule has 0 amide bonds. The van der Waals surface area contributed by atoms with E-state index in [9.17, 15) is 14.0 Å². The van der Waals surface area contributed by atoms with Crippen molar-refractivity contribution < 1.29 is 19.1 Å². The second-order valence-corrected chi connectivity index (χ2v) is 8.77. The molecule has 3 aromatic heterocycles. The molecule has 0 saturated carbocycles. The van der Waals surface area contributed by atoms with E-state index in [0.717, 1.165) is 39.0 Å². The van der Waals surface area contributed by atoms with Gasteiger partial charge in [0.2, 0.25) is 5.95 Å². The zero-order valence-electron chi connectivity index (χ0n) is 19.7. The molecule has 0 aliphatic heterocycles. The number of nitrogens with one attached hydrogen (secondary N) is 1. The maximum absolute atomic E-state index is 13.8. The number of Topliss-reactive ketones (excluding diaryl/α,β-unsaturated/α-hetero) is 1. The van der Waals surface area contributed by atoms with Gasteiger partial charge in [0.25, 0.3) is 0 Å². The second-order valence-electron chi connectivity index (χ2n) is 8.77. The average Bonchev–Trinajstić information content (AvgIpc) is 3.45. The highest BCUT2D eigenvalue weighted by Gasteiger charge is 2.15. The Morgan fingerprint density at radius 3 is 2.50 bits per heavy atom. The summed E-state index contributed by atoms with van der Waals surface area (Å²) in [5, 5.41) is 14.4. The van der Waals surface area contributed by atoms with Gasteiger partial charge in [-0.25, -0.2) is 9.78 Å². The standard InChI is InChI=1S/C28H23FN4O3/c1-16-11-20(14-27(29)30-16)23-13-21-12-19(8-9-22(21)31-23)25-15-24(32-33(25)2)26(34)10-5-17-3-6-18(7-4-17)28(35)36/h3-4,6-9,11-15,31H,5,10H2,1-2H3,(H,35,36). The summed E-state index contributed by atoms with van der Waals surface area (Å²) in [4.78, 5) is 30.9. The molecule has 8 heteroatoms. The number of pyridine rings is 1. The van der Waals surface area contributed by atoms with Gasteiger partial charge in [0.05, 0.1) is 11.3 Å². The van der Waals surface area contributed by atoms with Crippen molar-refractivity contribution in [1.29, 1.82) is 0 Å². The van der Waals surface area contributed by atoms with Crippen LogP contribution in [0.1, 0.15) is 38.5 Å². The fourth-order valence-electron chi connectivity index (χ4n) is 4.30. The first-order valence-electron chi connectivity index (χ1n) is 11.4. The summed E-state index contributed by atoms with van der Waals surface area (Å²) in [6, 6.07) is 19.4. The van der Waals surface area contributed by atoms with E-state index in [-0.39, 0.29) is 17.8 Å². The zero-order valence-corrected chi connectivity index (χ0v) is 19.7. The van der Waals surface area contributed by atoms with Crippen molar-refractivity contribution in [2.24, 2.45) is 7.05 Å². The number of H-pyrrole nitrogens is 1.